The Morgan fingerprint density at radius 2 is 2.00 bits per heavy atom. The number of aryl methyl sites for hydroxylation is 2. The molecule has 18 heavy (non-hydrogen) atoms. The normalized spacial score (nSPS) is 14.8. The molecule has 1 unspecified atom stereocenters. The number of halogens is 1. The van der Waals surface area contributed by atoms with Crippen LogP contribution in [0.4, 0.5) is 0 Å². The smallest absolute Gasteiger partial charge is 0.0738 e. The molecule has 0 spiro atoms. The molecule has 0 saturated carbocycles. The van der Waals surface area contributed by atoms with Gasteiger partial charge in [0, 0.05) is 13.1 Å². The fourth-order valence-corrected chi connectivity index (χ4v) is 2.61. The van der Waals surface area contributed by atoms with Crippen molar-refractivity contribution in [2.75, 3.05) is 13.1 Å². The van der Waals surface area contributed by atoms with E-state index in [0.717, 1.165) is 31.7 Å². The van der Waals surface area contributed by atoms with Gasteiger partial charge in [-0.2, -0.15) is 5.10 Å². The van der Waals surface area contributed by atoms with Crippen LogP contribution in [0.2, 0.25) is 0 Å². The Morgan fingerprint density at radius 1 is 1.33 bits per heavy atom. The molecule has 0 bridgehead atoms. The lowest BCUT2D eigenvalue weighted by atomic mass is 9.82. The van der Waals surface area contributed by atoms with E-state index in [2.05, 4.69) is 65.6 Å². The molecular formula is C14H26BrN3. The zero-order chi connectivity index (χ0) is 13.8. The molecule has 0 aliphatic rings. The number of rotatable bonds is 7. The molecule has 0 radical (unpaired) electrons. The Balaban J connectivity index is 2.93. The maximum atomic E-state index is 4.58. The summed E-state index contributed by atoms with van der Waals surface area (Å²) in [6, 6.07) is 0. The number of hydrogen-bond donors (Lipinski definition) is 1. The van der Waals surface area contributed by atoms with Gasteiger partial charge in [-0.25, -0.2) is 0 Å². The second kappa shape index (κ2) is 6.71. The molecule has 1 heterocycles. The molecule has 1 atom stereocenters. The Labute approximate surface area is 119 Å². The van der Waals surface area contributed by atoms with Crippen LogP contribution in [0.15, 0.2) is 4.47 Å². The first kappa shape index (κ1) is 15.7. The van der Waals surface area contributed by atoms with Gasteiger partial charge in [0.15, 0.2) is 0 Å². The average molecular weight is 316 g/mol. The van der Waals surface area contributed by atoms with Gasteiger partial charge in [0.2, 0.25) is 0 Å². The van der Waals surface area contributed by atoms with Crippen LogP contribution < -0.4 is 5.32 Å². The maximum Gasteiger partial charge on any atom is 0.0738 e. The number of aromatic nitrogens is 2. The molecule has 4 heteroatoms. The third-order valence-corrected chi connectivity index (χ3v) is 4.73. The zero-order valence-corrected chi connectivity index (χ0v) is 13.9. The predicted octanol–water partition coefficient (Wildman–Crippen LogP) is 3.54. The molecule has 1 rings (SSSR count). The zero-order valence-electron chi connectivity index (χ0n) is 12.3. The van der Waals surface area contributed by atoms with Gasteiger partial charge in [0.25, 0.3) is 0 Å². The van der Waals surface area contributed by atoms with Crippen LogP contribution in [-0.2, 0) is 13.0 Å². The van der Waals surface area contributed by atoms with Gasteiger partial charge in [-0.15, -0.1) is 0 Å². The SMILES string of the molecule is CCNCC(C)(CC)Cc1c(Br)c(C)nn1CC. The minimum atomic E-state index is 0.290. The molecule has 0 aliphatic heterocycles. The summed E-state index contributed by atoms with van der Waals surface area (Å²) in [4.78, 5) is 0. The topological polar surface area (TPSA) is 29.9 Å². The standard InChI is InChI=1S/C14H26BrN3/c1-6-14(5,10-16-7-2)9-12-13(15)11(4)17-18(12)8-3/h16H,6-10H2,1-5H3. The van der Waals surface area contributed by atoms with Crippen molar-refractivity contribution >= 4 is 15.9 Å². The third-order valence-electron chi connectivity index (χ3n) is 3.70. The van der Waals surface area contributed by atoms with Crippen molar-refractivity contribution in [2.24, 2.45) is 5.41 Å². The number of nitrogens with zero attached hydrogens (tertiary/aromatic N) is 2. The van der Waals surface area contributed by atoms with E-state index in [4.69, 9.17) is 0 Å². The fraction of sp³-hybridized carbons (Fsp3) is 0.786. The van der Waals surface area contributed by atoms with Gasteiger partial charge < -0.3 is 5.32 Å². The monoisotopic (exact) mass is 315 g/mol. The van der Waals surface area contributed by atoms with E-state index in [1.807, 2.05) is 0 Å². The van der Waals surface area contributed by atoms with E-state index < -0.39 is 0 Å². The van der Waals surface area contributed by atoms with Gasteiger partial charge in [-0.05, 0) is 54.6 Å². The van der Waals surface area contributed by atoms with E-state index in [-0.39, 0.29) is 5.41 Å². The van der Waals surface area contributed by atoms with E-state index in [1.165, 1.54) is 16.6 Å². The second-order valence-corrected chi connectivity index (χ2v) is 6.08. The molecule has 3 nitrogen and oxygen atoms in total. The highest BCUT2D eigenvalue weighted by molar-refractivity contribution is 9.10. The lowest BCUT2D eigenvalue weighted by Gasteiger charge is -2.29. The van der Waals surface area contributed by atoms with Crippen molar-refractivity contribution in [3.05, 3.63) is 15.9 Å². The summed E-state index contributed by atoms with van der Waals surface area (Å²) in [7, 11) is 0. The molecular weight excluding hydrogens is 290 g/mol. The number of nitrogens with one attached hydrogen (secondary N) is 1. The molecule has 104 valence electrons. The lowest BCUT2D eigenvalue weighted by Crippen LogP contribution is -2.34. The molecule has 1 aromatic heterocycles. The Morgan fingerprint density at radius 3 is 2.50 bits per heavy atom. The van der Waals surface area contributed by atoms with E-state index in [0.29, 0.717) is 0 Å². The minimum Gasteiger partial charge on any atom is -0.316 e. The van der Waals surface area contributed by atoms with Crippen LogP contribution in [0, 0.1) is 12.3 Å². The molecule has 1 N–H and O–H groups in total. The predicted molar refractivity (Wildman–Crippen MR) is 81.0 cm³/mol. The van der Waals surface area contributed by atoms with Crippen LogP contribution in [0.1, 0.15) is 45.5 Å². The van der Waals surface area contributed by atoms with E-state index in [9.17, 15) is 0 Å². The summed E-state index contributed by atoms with van der Waals surface area (Å²) in [5.41, 5.74) is 2.71. The Bertz CT molecular complexity index is 387. The average Bonchev–Trinajstić information content (AvgIpc) is 2.64. The van der Waals surface area contributed by atoms with Crippen molar-refractivity contribution in [2.45, 2.75) is 54.0 Å². The Hall–Kier alpha value is -0.350. The molecule has 1 aromatic rings. The van der Waals surface area contributed by atoms with Crippen LogP contribution >= 0.6 is 15.9 Å². The van der Waals surface area contributed by atoms with Gasteiger partial charge in [0.1, 0.15) is 0 Å². The summed E-state index contributed by atoms with van der Waals surface area (Å²) in [5, 5.41) is 8.06. The second-order valence-electron chi connectivity index (χ2n) is 5.28. The van der Waals surface area contributed by atoms with Gasteiger partial charge in [0.05, 0.1) is 15.9 Å². The molecule has 0 amide bonds. The minimum absolute atomic E-state index is 0.290. The van der Waals surface area contributed by atoms with Crippen molar-refractivity contribution in [1.82, 2.24) is 15.1 Å². The van der Waals surface area contributed by atoms with Gasteiger partial charge in [-0.1, -0.05) is 20.8 Å². The molecule has 0 aromatic carbocycles. The summed E-state index contributed by atoms with van der Waals surface area (Å²) in [5.74, 6) is 0. The summed E-state index contributed by atoms with van der Waals surface area (Å²) >= 11 is 3.69. The van der Waals surface area contributed by atoms with Crippen molar-refractivity contribution in [1.29, 1.82) is 0 Å². The highest BCUT2D eigenvalue weighted by Gasteiger charge is 2.26. The summed E-state index contributed by atoms with van der Waals surface area (Å²) < 4.78 is 3.31. The van der Waals surface area contributed by atoms with Crippen LogP contribution in [0.5, 0.6) is 0 Å². The Kier molecular flexibility index (Phi) is 5.86. The van der Waals surface area contributed by atoms with Crippen LogP contribution in [0.3, 0.4) is 0 Å². The quantitative estimate of drug-likeness (QED) is 0.834. The van der Waals surface area contributed by atoms with Crippen molar-refractivity contribution in [3.8, 4) is 0 Å². The molecule has 0 aliphatic carbocycles. The third kappa shape index (κ3) is 3.58. The largest absolute Gasteiger partial charge is 0.316 e. The fourth-order valence-electron chi connectivity index (χ4n) is 2.18. The first-order valence-electron chi connectivity index (χ1n) is 6.90. The lowest BCUT2D eigenvalue weighted by molar-refractivity contribution is 0.284. The first-order chi connectivity index (χ1) is 8.47. The van der Waals surface area contributed by atoms with E-state index >= 15 is 0 Å². The highest BCUT2D eigenvalue weighted by atomic mass is 79.9. The molecule has 0 fully saturated rings. The van der Waals surface area contributed by atoms with Crippen molar-refractivity contribution in [3.63, 3.8) is 0 Å². The van der Waals surface area contributed by atoms with Crippen LogP contribution in [-0.4, -0.2) is 22.9 Å². The molecule has 0 saturated heterocycles. The maximum absolute atomic E-state index is 4.58. The van der Waals surface area contributed by atoms with Gasteiger partial charge in [-0.3, -0.25) is 4.68 Å². The number of hydrogen-bond acceptors (Lipinski definition) is 2. The van der Waals surface area contributed by atoms with Gasteiger partial charge >= 0.3 is 0 Å². The van der Waals surface area contributed by atoms with E-state index in [1.54, 1.807) is 0 Å². The van der Waals surface area contributed by atoms with Crippen molar-refractivity contribution < 1.29 is 0 Å². The first-order valence-corrected chi connectivity index (χ1v) is 7.69. The highest BCUT2D eigenvalue weighted by Crippen LogP contribution is 2.31. The summed E-state index contributed by atoms with van der Waals surface area (Å²) in [6.45, 7) is 14.0. The van der Waals surface area contributed by atoms with Crippen LogP contribution in [0.25, 0.3) is 0 Å². The summed E-state index contributed by atoms with van der Waals surface area (Å²) in [6.07, 6.45) is 2.23.